The summed E-state index contributed by atoms with van der Waals surface area (Å²) in [6, 6.07) is 20.4. The number of halogens is 1. The van der Waals surface area contributed by atoms with Gasteiger partial charge >= 0.3 is 0 Å². The van der Waals surface area contributed by atoms with Gasteiger partial charge in [0.15, 0.2) is 0 Å². The maximum absolute atomic E-state index is 14.1. The molecule has 0 aromatic heterocycles. The summed E-state index contributed by atoms with van der Waals surface area (Å²) in [7, 11) is -4.09. The molecule has 41 heavy (non-hydrogen) atoms. The number of rotatable bonds is 10. The summed E-state index contributed by atoms with van der Waals surface area (Å²) in [5, 5.41) is 3.13. The third-order valence-corrected chi connectivity index (χ3v) is 9.92. The van der Waals surface area contributed by atoms with Crippen LogP contribution in [-0.4, -0.2) is 43.8 Å². The minimum atomic E-state index is -4.09. The highest BCUT2D eigenvalue weighted by molar-refractivity contribution is 9.10. The van der Waals surface area contributed by atoms with Gasteiger partial charge in [0, 0.05) is 17.1 Å². The fraction of sp³-hybridized carbons (Fsp3) is 0.375. The van der Waals surface area contributed by atoms with Crippen molar-refractivity contribution in [2.24, 2.45) is 0 Å². The average molecular weight is 641 g/mol. The normalized spacial score (nSPS) is 14.7. The first-order chi connectivity index (χ1) is 19.6. The Labute approximate surface area is 252 Å². The van der Waals surface area contributed by atoms with E-state index in [2.05, 4.69) is 21.2 Å². The van der Waals surface area contributed by atoms with E-state index in [1.165, 1.54) is 27.8 Å². The number of nitrogens with zero attached hydrogens (tertiary/aromatic N) is 2. The van der Waals surface area contributed by atoms with Crippen LogP contribution in [0.4, 0.5) is 5.69 Å². The zero-order valence-corrected chi connectivity index (χ0v) is 26.2. The standard InChI is InChI=1S/C32H38BrN3O4S/c1-23-14-19-30(24(2)20-23)36(41(39,40)29-12-8-5-9-13-29)22-31(37)35(21-26-15-17-27(33)18-16-26)25(3)32(38)34-28-10-6-4-7-11-28/h5,8-9,12-20,25,28H,4,6-7,10-11,21-22H2,1-3H3,(H,34,38). The first-order valence-corrected chi connectivity index (χ1v) is 16.3. The van der Waals surface area contributed by atoms with E-state index in [4.69, 9.17) is 0 Å². The first kappa shape index (κ1) is 30.8. The summed E-state index contributed by atoms with van der Waals surface area (Å²) < 4.78 is 30.0. The van der Waals surface area contributed by atoms with Crippen LogP contribution in [0.25, 0.3) is 0 Å². The van der Waals surface area contributed by atoms with E-state index in [1.54, 1.807) is 31.2 Å². The quantitative estimate of drug-likeness (QED) is 0.289. The van der Waals surface area contributed by atoms with Gasteiger partial charge in [0.05, 0.1) is 10.6 Å². The van der Waals surface area contributed by atoms with Crippen LogP contribution in [0.2, 0.25) is 0 Å². The number of sulfonamides is 1. The summed E-state index contributed by atoms with van der Waals surface area (Å²) in [5.74, 6) is -0.690. The van der Waals surface area contributed by atoms with Crippen LogP contribution in [0, 0.1) is 13.8 Å². The summed E-state index contributed by atoms with van der Waals surface area (Å²) in [6.45, 7) is 5.20. The largest absolute Gasteiger partial charge is 0.352 e. The Hall–Kier alpha value is -3.17. The van der Waals surface area contributed by atoms with Gasteiger partial charge < -0.3 is 10.2 Å². The molecule has 1 N–H and O–H groups in total. The van der Waals surface area contributed by atoms with E-state index >= 15 is 0 Å². The molecule has 0 bridgehead atoms. The predicted molar refractivity (Wildman–Crippen MR) is 166 cm³/mol. The van der Waals surface area contributed by atoms with Crippen molar-refractivity contribution in [3.05, 3.63) is 94.0 Å². The first-order valence-electron chi connectivity index (χ1n) is 14.1. The molecule has 0 aliphatic heterocycles. The molecule has 1 fully saturated rings. The van der Waals surface area contributed by atoms with Crippen LogP contribution in [0.1, 0.15) is 55.7 Å². The van der Waals surface area contributed by atoms with Gasteiger partial charge in [-0.25, -0.2) is 8.42 Å². The van der Waals surface area contributed by atoms with E-state index in [0.29, 0.717) is 5.69 Å². The monoisotopic (exact) mass is 639 g/mol. The van der Waals surface area contributed by atoms with Crippen LogP contribution >= 0.6 is 15.9 Å². The zero-order valence-electron chi connectivity index (χ0n) is 23.8. The highest BCUT2D eigenvalue weighted by atomic mass is 79.9. The van der Waals surface area contributed by atoms with Crippen LogP contribution < -0.4 is 9.62 Å². The fourth-order valence-electron chi connectivity index (χ4n) is 5.26. The Bertz CT molecular complexity index is 1460. The molecule has 0 spiro atoms. The summed E-state index contributed by atoms with van der Waals surface area (Å²) in [5.41, 5.74) is 2.98. The van der Waals surface area contributed by atoms with Gasteiger partial charge in [0.2, 0.25) is 11.8 Å². The lowest BCUT2D eigenvalue weighted by atomic mass is 9.95. The number of aryl methyl sites for hydroxylation is 2. The number of hydrogen-bond acceptors (Lipinski definition) is 4. The Balaban J connectivity index is 1.69. The lowest BCUT2D eigenvalue weighted by molar-refractivity contribution is -0.139. The van der Waals surface area contributed by atoms with E-state index in [1.807, 2.05) is 50.2 Å². The smallest absolute Gasteiger partial charge is 0.264 e. The van der Waals surface area contributed by atoms with E-state index in [-0.39, 0.29) is 23.4 Å². The molecule has 0 radical (unpaired) electrons. The maximum Gasteiger partial charge on any atom is 0.264 e. The minimum Gasteiger partial charge on any atom is -0.352 e. The molecule has 1 atom stereocenters. The second kappa shape index (κ2) is 13.7. The van der Waals surface area contributed by atoms with E-state index < -0.39 is 28.5 Å². The second-order valence-electron chi connectivity index (χ2n) is 10.8. The molecular weight excluding hydrogens is 602 g/mol. The van der Waals surface area contributed by atoms with Gasteiger partial charge in [-0.15, -0.1) is 0 Å². The molecule has 3 aromatic carbocycles. The van der Waals surface area contributed by atoms with Crippen LogP contribution in [-0.2, 0) is 26.2 Å². The summed E-state index contributed by atoms with van der Waals surface area (Å²) in [6.07, 6.45) is 5.16. The highest BCUT2D eigenvalue weighted by Crippen LogP contribution is 2.28. The van der Waals surface area contributed by atoms with Gasteiger partial charge in [0.25, 0.3) is 10.0 Å². The molecule has 1 saturated carbocycles. The Kier molecular flexibility index (Phi) is 10.3. The molecule has 4 rings (SSSR count). The van der Waals surface area contributed by atoms with Gasteiger partial charge in [-0.2, -0.15) is 0 Å². The Morgan fingerprint density at radius 2 is 1.61 bits per heavy atom. The zero-order chi connectivity index (χ0) is 29.6. The molecule has 7 nitrogen and oxygen atoms in total. The maximum atomic E-state index is 14.1. The van der Waals surface area contributed by atoms with Crippen LogP contribution in [0.3, 0.4) is 0 Å². The lowest BCUT2D eigenvalue weighted by Crippen LogP contribution is -2.53. The number of hydrogen-bond donors (Lipinski definition) is 1. The third kappa shape index (κ3) is 7.77. The van der Waals surface area contributed by atoms with Crippen LogP contribution in [0.5, 0.6) is 0 Å². The number of amides is 2. The number of carbonyl (C=O) groups excluding carboxylic acids is 2. The van der Waals surface area contributed by atoms with Crippen molar-refractivity contribution in [1.82, 2.24) is 10.2 Å². The molecule has 1 aliphatic rings. The summed E-state index contributed by atoms with van der Waals surface area (Å²) >= 11 is 3.44. The fourth-order valence-corrected chi connectivity index (χ4v) is 7.02. The second-order valence-corrected chi connectivity index (χ2v) is 13.6. The van der Waals surface area contributed by atoms with Crippen molar-refractivity contribution >= 4 is 43.5 Å². The van der Waals surface area contributed by atoms with Crippen molar-refractivity contribution in [2.75, 3.05) is 10.8 Å². The SMILES string of the molecule is Cc1ccc(N(CC(=O)N(Cc2ccc(Br)cc2)C(C)C(=O)NC2CCCCC2)S(=O)(=O)c2ccccc2)c(C)c1. The Morgan fingerprint density at radius 1 is 0.951 bits per heavy atom. The van der Waals surface area contributed by atoms with Gasteiger partial charge in [-0.3, -0.25) is 13.9 Å². The lowest BCUT2D eigenvalue weighted by Gasteiger charge is -2.33. The average Bonchev–Trinajstić information content (AvgIpc) is 2.96. The molecule has 3 aromatic rings. The number of nitrogens with one attached hydrogen (secondary N) is 1. The molecule has 0 saturated heterocycles. The van der Waals surface area contributed by atoms with Crippen molar-refractivity contribution < 1.29 is 18.0 Å². The predicted octanol–water partition coefficient (Wildman–Crippen LogP) is 6.13. The van der Waals surface area contributed by atoms with Crippen molar-refractivity contribution in [2.45, 2.75) is 76.4 Å². The van der Waals surface area contributed by atoms with Crippen LogP contribution in [0.15, 0.2) is 82.2 Å². The highest BCUT2D eigenvalue weighted by Gasteiger charge is 2.33. The van der Waals surface area contributed by atoms with Gasteiger partial charge in [-0.05, 0) is 75.1 Å². The molecule has 1 unspecified atom stereocenters. The van der Waals surface area contributed by atoms with Gasteiger partial charge in [0.1, 0.15) is 12.6 Å². The molecule has 1 aliphatic carbocycles. The Morgan fingerprint density at radius 3 is 2.24 bits per heavy atom. The molecule has 218 valence electrons. The molecule has 0 heterocycles. The number of anilines is 1. The van der Waals surface area contributed by atoms with Gasteiger partial charge in [-0.1, -0.05) is 83.2 Å². The molecule has 9 heteroatoms. The third-order valence-electron chi connectivity index (χ3n) is 7.62. The van der Waals surface area contributed by atoms with Crippen molar-refractivity contribution in [3.63, 3.8) is 0 Å². The minimum absolute atomic E-state index is 0.0912. The molecular formula is C32H38BrN3O4S. The van der Waals surface area contributed by atoms with Crippen molar-refractivity contribution in [3.8, 4) is 0 Å². The van der Waals surface area contributed by atoms with E-state index in [0.717, 1.165) is 46.8 Å². The molecule has 2 amide bonds. The topological polar surface area (TPSA) is 86.8 Å². The number of benzene rings is 3. The van der Waals surface area contributed by atoms with Crippen molar-refractivity contribution in [1.29, 1.82) is 0 Å². The summed E-state index contributed by atoms with van der Waals surface area (Å²) in [4.78, 5) is 29.1. The number of carbonyl (C=O) groups is 2. The van der Waals surface area contributed by atoms with E-state index in [9.17, 15) is 18.0 Å².